The Morgan fingerprint density at radius 1 is 0.897 bits per heavy atom. The van der Waals surface area contributed by atoms with Crippen molar-refractivity contribution >= 4 is 37.1 Å². The van der Waals surface area contributed by atoms with Gasteiger partial charge in [0, 0.05) is 10.9 Å². The van der Waals surface area contributed by atoms with Crippen molar-refractivity contribution in [1.29, 1.82) is 0 Å². The fourth-order valence-electron chi connectivity index (χ4n) is 3.13. The topological polar surface area (TPSA) is 29.5 Å². The van der Waals surface area contributed by atoms with E-state index in [2.05, 4.69) is 74.3 Å². The van der Waals surface area contributed by atoms with Gasteiger partial charge in [0.15, 0.2) is 0 Å². The Morgan fingerprint density at radius 2 is 1.45 bits per heavy atom. The average Bonchev–Trinajstić information content (AvgIpc) is 2.78. The van der Waals surface area contributed by atoms with E-state index in [1.54, 1.807) is 7.11 Å². The van der Waals surface area contributed by atoms with Gasteiger partial charge in [0.25, 0.3) is 0 Å². The zero-order valence-electron chi connectivity index (χ0n) is 17.2. The molecule has 29 heavy (non-hydrogen) atoms. The normalized spacial score (nSPS) is 10.5. The number of aromatic hydroxyl groups is 1. The molecular formula is C25H28IO2P. The number of phenolic OH excluding ortho intramolecular Hbond substituents is 1. The van der Waals surface area contributed by atoms with Crippen molar-refractivity contribution in [3.8, 4) is 33.8 Å². The number of methoxy groups -OCH3 is 1. The Hall–Kier alpha value is -1.84. The number of hydrogen-bond acceptors (Lipinski definition) is 2. The van der Waals surface area contributed by atoms with Gasteiger partial charge < -0.3 is 9.84 Å². The van der Waals surface area contributed by atoms with Crippen molar-refractivity contribution in [2.75, 3.05) is 12.0 Å². The third-order valence-electron chi connectivity index (χ3n) is 4.72. The molecule has 3 rings (SSSR count). The van der Waals surface area contributed by atoms with Crippen LogP contribution in [0, 0.1) is 0 Å². The van der Waals surface area contributed by atoms with Crippen molar-refractivity contribution in [3.63, 3.8) is 0 Å². The van der Waals surface area contributed by atoms with Crippen molar-refractivity contribution in [1.82, 2.24) is 0 Å². The number of rotatable bonds is 6. The molecular weight excluding hydrogens is 490 g/mol. The number of alkyl halides is 1. The molecule has 0 aromatic heterocycles. The first-order chi connectivity index (χ1) is 14.1. The Kier molecular flexibility index (Phi) is 9.69. The second-order valence-electron chi connectivity index (χ2n) is 6.46. The van der Waals surface area contributed by atoms with E-state index in [0.29, 0.717) is 5.75 Å². The number of aryl methyl sites for hydroxylation is 1. The molecule has 0 aliphatic carbocycles. The molecule has 152 valence electrons. The van der Waals surface area contributed by atoms with E-state index in [4.69, 9.17) is 4.74 Å². The highest BCUT2D eigenvalue weighted by Gasteiger charge is 2.12. The van der Waals surface area contributed by atoms with Crippen LogP contribution in [0.1, 0.15) is 18.9 Å². The summed E-state index contributed by atoms with van der Waals surface area (Å²) in [6.07, 6.45) is 6.37. The first-order valence-electron chi connectivity index (χ1n) is 9.48. The summed E-state index contributed by atoms with van der Waals surface area (Å²) < 4.78 is 5.21. The maximum absolute atomic E-state index is 10.8. The van der Waals surface area contributed by atoms with Gasteiger partial charge in [0.1, 0.15) is 11.5 Å². The van der Waals surface area contributed by atoms with Gasteiger partial charge in [-0.15, -0.1) is 9.24 Å². The van der Waals surface area contributed by atoms with Crippen LogP contribution in [0.3, 0.4) is 0 Å². The highest BCUT2D eigenvalue weighted by Crippen LogP contribution is 2.34. The SMILES string of the molecule is C/C=C/CCc1ccc(-c2ccc(-c3ccc(OC)cc3)c(O)c2P)cc1.CI. The third kappa shape index (κ3) is 6.07. The van der Waals surface area contributed by atoms with E-state index in [9.17, 15) is 5.11 Å². The number of phenols is 1. The highest BCUT2D eigenvalue weighted by molar-refractivity contribution is 14.1. The standard InChI is InChI=1S/C24H25O2P.CH3I/c1-3-4-5-6-17-7-9-19(10-8-17)22-16-15-21(23(25)24(22)27)18-11-13-20(26-2)14-12-18;1-2/h3-4,7-16,25H,5-6,27H2,1-2H3;1H3/b4-3+;. The molecule has 3 aromatic carbocycles. The molecule has 0 heterocycles. The molecule has 2 nitrogen and oxygen atoms in total. The summed E-state index contributed by atoms with van der Waals surface area (Å²) in [7, 11) is 4.33. The fourth-order valence-corrected chi connectivity index (χ4v) is 3.55. The zero-order valence-corrected chi connectivity index (χ0v) is 20.5. The lowest BCUT2D eigenvalue weighted by molar-refractivity contribution is 0.415. The Labute approximate surface area is 190 Å². The molecule has 1 atom stereocenters. The predicted molar refractivity (Wildman–Crippen MR) is 138 cm³/mol. The molecule has 0 radical (unpaired) electrons. The molecule has 1 N–H and O–H groups in total. The van der Waals surface area contributed by atoms with Crippen molar-refractivity contribution in [2.24, 2.45) is 0 Å². The molecule has 0 saturated carbocycles. The minimum atomic E-state index is 0.292. The third-order valence-corrected chi connectivity index (χ3v) is 5.30. The van der Waals surface area contributed by atoms with Gasteiger partial charge in [-0.2, -0.15) is 0 Å². The van der Waals surface area contributed by atoms with Gasteiger partial charge in [0.05, 0.1) is 7.11 Å². The highest BCUT2D eigenvalue weighted by atomic mass is 127. The van der Waals surface area contributed by atoms with Crippen LogP contribution in [0.2, 0.25) is 0 Å². The molecule has 0 spiro atoms. The second-order valence-corrected chi connectivity index (χ2v) is 7.03. The van der Waals surface area contributed by atoms with Gasteiger partial charge >= 0.3 is 0 Å². The number of allylic oxidation sites excluding steroid dienone is 2. The summed E-state index contributed by atoms with van der Waals surface area (Å²) in [5.41, 5.74) is 5.22. The number of halogens is 1. The summed E-state index contributed by atoms with van der Waals surface area (Å²) in [5.74, 6) is 1.09. The first-order valence-corrected chi connectivity index (χ1v) is 12.2. The minimum Gasteiger partial charge on any atom is -0.507 e. The lowest BCUT2D eigenvalue weighted by atomic mass is 9.97. The Balaban J connectivity index is 0.00000145. The monoisotopic (exact) mass is 518 g/mol. The molecule has 0 aliphatic heterocycles. The molecule has 0 bridgehead atoms. The van der Waals surface area contributed by atoms with Crippen LogP contribution >= 0.6 is 31.8 Å². The molecule has 0 aliphatic rings. The summed E-state index contributed by atoms with van der Waals surface area (Å²) in [5, 5.41) is 11.6. The van der Waals surface area contributed by atoms with Crippen LogP contribution < -0.4 is 10.0 Å². The van der Waals surface area contributed by atoms with E-state index >= 15 is 0 Å². The van der Waals surface area contributed by atoms with Gasteiger partial charge in [0.2, 0.25) is 0 Å². The van der Waals surface area contributed by atoms with Crippen LogP contribution in [0.15, 0.2) is 72.8 Å². The molecule has 4 heteroatoms. The maximum Gasteiger partial charge on any atom is 0.131 e. The Bertz CT molecular complexity index is 932. The lowest BCUT2D eigenvalue weighted by Crippen LogP contribution is -2.00. The van der Waals surface area contributed by atoms with Crippen molar-refractivity contribution < 1.29 is 9.84 Å². The smallest absolute Gasteiger partial charge is 0.131 e. The van der Waals surface area contributed by atoms with Crippen LogP contribution in [0.25, 0.3) is 22.3 Å². The quantitative estimate of drug-likeness (QED) is 0.169. The number of hydrogen-bond donors (Lipinski definition) is 1. The second kappa shape index (κ2) is 12.0. The summed E-state index contributed by atoms with van der Waals surface area (Å²) in [6, 6.07) is 20.3. The minimum absolute atomic E-state index is 0.292. The molecule has 0 amide bonds. The Morgan fingerprint density at radius 3 is 2.03 bits per heavy atom. The zero-order chi connectivity index (χ0) is 21.2. The van der Waals surface area contributed by atoms with Crippen LogP contribution in [0.5, 0.6) is 11.5 Å². The van der Waals surface area contributed by atoms with Crippen LogP contribution in [-0.4, -0.2) is 17.1 Å². The van der Waals surface area contributed by atoms with E-state index in [1.165, 1.54) is 5.56 Å². The van der Waals surface area contributed by atoms with E-state index < -0.39 is 0 Å². The largest absolute Gasteiger partial charge is 0.507 e. The van der Waals surface area contributed by atoms with Crippen LogP contribution in [-0.2, 0) is 6.42 Å². The molecule has 0 saturated heterocycles. The average molecular weight is 518 g/mol. The van der Waals surface area contributed by atoms with Gasteiger partial charge in [-0.3, -0.25) is 0 Å². The lowest BCUT2D eigenvalue weighted by Gasteiger charge is -2.13. The summed E-state index contributed by atoms with van der Waals surface area (Å²) >= 11 is 2.15. The van der Waals surface area contributed by atoms with Crippen molar-refractivity contribution in [3.05, 3.63) is 78.4 Å². The first kappa shape index (κ1) is 23.4. The molecule has 1 unspecified atom stereocenters. The number of benzene rings is 3. The maximum atomic E-state index is 10.8. The fraction of sp³-hybridized carbons (Fsp3) is 0.200. The van der Waals surface area contributed by atoms with Gasteiger partial charge in [-0.25, -0.2) is 0 Å². The van der Waals surface area contributed by atoms with E-state index in [1.807, 2.05) is 42.2 Å². The summed E-state index contributed by atoms with van der Waals surface area (Å²) in [4.78, 5) is 1.97. The van der Waals surface area contributed by atoms with Gasteiger partial charge in [-0.05, 0) is 65.1 Å². The van der Waals surface area contributed by atoms with E-state index in [0.717, 1.165) is 46.1 Å². The van der Waals surface area contributed by atoms with Crippen LogP contribution in [0.4, 0.5) is 0 Å². The van der Waals surface area contributed by atoms with Gasteiger partial charge in [-0.1, -0.05) is 77.2 Å². The molecule has 3 aromatic rings. The summed E-state index contributed by atoms with van der Waals surface area (Å²) in [6.45, 7) is 2.05. The number of ether oxygens (including phenoxy) is 1. The van der Waals surface area contributed by atoms with Crippen molar-refractivity contribution in [2.45, 2.75) is 19.8 Å². The molecule has 0 fully saturated rings. The predicted octanol–water partition coefficient (Wildman–Crippen LogP) is 6.80. The van der Waals surface area contributed by atoms with E-state index in [-0.39, 0.29) is 0 Å².